The Hall–Kier alpha value is -2.88. The highest BCUT2D eigenvalue weighted by atomic mass is 35.5. The van der Waals surface area contributed by atoms with E-state index in [1.165, 1.54) is 24.3 Å². The average Bonchev–Trinajstić information content (AvgIpc) is 2.92. The van der Waals surface area contributed by atoms with Crippen molar-refractivity contribution in [3.8, 4) is 11.6 Å². The average molecular weight is 342 g/mol. The van der Waals surface area contributed by atoms with Gasteiger partial charge >= 0.3 is 5.69 Å². The first-order chi connectivity index (χ1) is 11.0. The molecule has 0 aliphatic carbocycles. The van der Waals surface area contributed by atoms with E-state index in [-0.39, 0.29) is 28.0 Å². The molecule has 0 radical (unpaired) electrons. The molecule has 0 aliphatic heterocycles. The van der Waals surface area contributed by atoms with Crippen LogP contribution in [0.25, 0.3) is 5.65 Å². The van der Waals surface area contributed by atoms with Gasteiger partial charge in [-0.2, -0.15) is 4.52 Å². The van der Waals surface area contributed by atoms with E-state index in [1.807, 2.05) is 0 Å². The van der Waals surface area contributed by atoms with Crippen LogP contribution in [0.2, 0.25) is 5.02 Å². The Kier molecular flexibility index (Phi) is 3.74. The van der Waals surface area contributed by atoms with Gasteiger partial charge in [0.2, 0.25) is 17.5 Å². The summed E-state index contributed by atoms with van der Waals surface area (Å²) in [5.74, 6) is -0.918. The fourth-order valence-electron chi connectivity index (χ4n) is 1.81. The lowest BCUT2D eigenvalue weighted by Crippen LogP contribution is -2.01. The van der Waals surface area contributed by atoms with E-state index >= 15 is 0 Å². The summed E-state index contributed by atoms with van der Waals surface area (Å²) in [6.45, 7) is 0. The predicted molar refractivity (Wildman–Crippen MR) is 73.9 cm³/mol. The number of ether oxygens (including phenoxy) is 1. The highest BCUT2D eigenvalue weighted by Crippen LogP contribution is 2.33. The monoisotopic (exact) mass is 341 g/mol. The van der Waals surface area contributed by atoms with E-state index in [4.69, 9.17) is 16.3 Å². The van der Waals surface area contributed by atoms with E-state index < -0.39 is 17.2 Å². The van der Waals surface area contributed by atoms with Crippen LogP contribution in [0.3, 0.4) is 0 Å². The molecule has 0 N–H and O–H groups in total. The molecule has 2 heterocycles. The second kappa shape index (κ2) is 5.72. The topological polar surface area (TPSA) is 95.5 Å². The van der Waals surface area contributed by atoms with Crippen LogP contribution in [0.5, 0.6) is 11.6 Å². The Labute approximate surface area is 131 Å². The molecule has 0 saturated heterocycles. The normalized spacial score (nSPS) is 11.1. The molecule has 2 aromatic heterocycles. The molecular formula is C12H6ClF2N5O3. The Morgan fingerprint density at radius 2 is 2.04 bits per heavy atom. The van der Waals surface area contributed by atoms with E-state index in [1.54, 1.807) is 0 Å². The van der Waals surface area contributed by atoms with Gasteiger partial charge in [0.25, 0.3) is 6.43 Å². The number of nitro benzene ring substituents is 1. The molecule has 11 heteroatoms. The first-order valence-corrected chi connectivity index (χ1v) is 6.46. The van der Waals surface area contributed by atoms with E-state index in [2.05, 4.69) is 15.3 Å². The largest absolute Gasteiger partial charge is 0.430 e. The fraction of sp³-hybridized carbons (Fsp3) is 0.0833. The number of nitro groups is 1. The highest BCUT2D eigenvalue weighted by molar-refractivity contribution is 6.30. The Bertz CT molecular complexity index is 902. The first kappa shape index (κ1) is 15.0. The van der Waals surface area contributed by atoms with Crippen LogP contribution in [0, 0.1) is 10.1 Å². The molecule has 0 aliphatic rings. The molecule has 0 atom stereocenters. The quantitative estimate of drug-likeness (QED) is 0.533. The van der Waals surface area contributed by atoms with Crippen molar-refractivity contribution in [3.05, 3.63) is 51.3 Å². The van der Waals surface area contributed by atoms with Crippen molar-refractivity contribution in [2.45, 2.75) is 6.43 Å². The first-order valence-electron chi connectivity index (χ1n) is 6.08. The second-order valence-corrected chi connectivity index (χ2v) is 4.71. The molecular weight excluding hydrogens is 336 g/mol. The summed E-state index contributed by atoms with van der Waals surface area (Å²) < 4.78 is 31.7. The van der Waals surface area contributed by atoms with Crippen LogP contribution < -0.4 is 4.74 Å². The summed E-state index contributed by atoms with van der Waals surface area (Å²) in [6.07, 6.45) is -2.88. The zero-order valence-corrected chi connectivity index (χ0v) is 11.8. The minimum Gasteiger partial charge on any atom is -0.430 e. The number of halogens is 3. The molecule has 23 heavy (non-hydrogen) atoms. The minimum atomic E-state index is -2.88. The maximum atomic E-state index is 12.8. The van der Waals surface area contributed by atoms with Gasteiger partial charge in [-0.05, 0) is 18.2 Å². The SMILES string of the molecule is O=[N+]([O-])c1cc(Cl)ccc1Oc1ccc2nnc(C(F)F)n2n1. The Morgan fingerprint density at radius 3 is 2.74 bits per heavy atom. The smallest absolute Gasteiger partial charge is 0.313 e. The van der Waals surface area contributed by atoms with Gasteiger partial charge in [-0.1, -0.05) is 11.6 Å². The summed E-state index contributed by atoms with van der Waals surface area (Å²) >= 11 is 5.70. The molecule has 1 aromatic carbocycles. The van der Waals surface area contributed by atoms with Crippen LogP contribution in [0.1, 0.15) is 12.2 Å². The van der Waals surface area contributed by atoms with E-state index in [0.717, 1.165) is 10.6 Å². The third-order valence-electron chi connectivity index (χ3n) is 2.79. The lowest BCUT2D eigenvalue weighted by Gasteiger charge is -2.06. The zero-order valence-electron chi connectivity index (χ0n) is 11.1. The van der Waals surface area contributed by atoms with Crippen molar-refractivity contribution < 1.29 is 18.4 Å². The third-order valence-corrected chi connectivity index (χ3v) is 3.02. The number of rotatable bonds is 4. The number of fused-ring (bicyclic) bond motifs is 1. The maximum Gasteiger partial charge on any atom is 0.313 e. The Morgan fingerprint density at radius 1 is 1.26 bits per heavy atom. The summed E-state index contributed by atoms with van der Waals surface area (Å²) in [4.78, 5) is 10.3. The summed E-state index contributed by atoms with van der Waals surface area (Å²) in [5, 5.41) is 21.8. The van der Waals surface area contributed by atoms with Crippen LogP contribution in [-0.4, -0.2) is 24.7 Å². The summed E-state index contributed by atoms with van der Waals surface area (Å²) in [5.41, 5.74) is -0.282. The van der Waals surface area contributed by atoms with Gasteiger partial charge in [0.1, 0.15) is 0 Å². The third kappa shape index (κ3) is 2.88. The summed E-state index contributed by atoms with van der Waals surface area (Å²) in [6, 6.07) is 6.47. The fourth-order valence-corrected chi connectivity index (χ4v) is 1.98. The van der Waals surface area contributed by atoms with Crippen LogP contribution >= 0.6 is 11.6 Å². The molecule has 0 saturated carbocycles. The molecule has 8 nitrogen and oxygen atoms in total. The molecule has 3 aromatic rings. The maximum absolute atomic E-state index is 12.8. The Balaban J connectivity index is 2.02. The predicted octanol–water partition coefficient (Wildman–Crippen LogP) is 3.42. The van der Waals surface area contributed by atoms with E-state index in [0.29, 0.717) is 0 Å². The molecule has 118 valence electrons. The molecule has 3 rings (SSSR count). The second-order valence-electron chi connectivity index (χ2n) is 4.27. The van der Waals surface area contributed by atoms with Crippen molar-refractivity contribution in [2.75, 3.05) is 0 Å². The van der Waals surface area contributed by atoms with Gasteiger partial charge in [-0.3, -0.25) is 10.1 Å². The standard InChI is InChI=1S/C12H6ClF2N5O3/c13-6-1-2-8(7(5-6)20(21)22)23-10-4-3-9-16-17-12(11(14)15)19(9)18-10/h1-5,11H. The van der Waals surface area contributed by atoms with Gasteiger partial charge in [0.15, 0.2) is 5.65 Å². The zero-order chi connectivity index (χ0) is 16.6. The van der Waals surface area contributed by atoms with Crippen molar-refractivity contribution in [2.24, 2.45) is 0 Å². The molecule has 0 amide bonds. The van der Waals surface area contributed by atoms with Gasteiger partial charge in [-0.15, -0.1) is 15.3 Å². The van der Waals surface area contributed by atoms with Crippen LogP contribution in [0.4, 0.5) is 14.5 Å². The number of nitrogens with zero attached hydrogens (tertiary/aromatic N) is 5. The number of aromatic nitrogens is 4. The molecule has 0 unspecified atom stereocenters. The van der Waals surface area contributed by atoms with Crippen molar-refractivity contribution >= 4 is 22.9 Å². The van der Waals surface area contributed by atoms with Gasteiger partial charge < -0.3 is 4.74 Å². The number of hydrogen-bond acceptors (Lipinski definition) is 6. The summed E-state index contributed by atoms with van der Waals surface area (Å²) in [7, 11) is 0. The van der Waals surface area contributed by atoms with E-state index in [9.17, 15) is 18.9 Å². The minimum absolute atomic E-state index is 0.0956. The lowest BCUT2D eigenvalue weighted by molar-refractivity contribution is -0.385. The van der Waals surface area contributed by atoms with Crippen molar-refractivity contribution in [1.82, 2.24) is 19.8 Å². The van der Waals surface area contributed by atoms with Crippen molar-refractivity contribution in [1.29, 1.82) is 0 Å². The van der Waals surface area contributed by atoms with Crippen molar-refractivity contribution in [3.63, 3.8) is 0 Å². The van der Waals surface area contributed by atoms with Gasteiger partial charge in [0.05, 0.1) is 4.92 Å². The molecule has 0 bridgehead atoms. The lowest BCUT2D eigenvalue weighted by atomic mass is 10.3. The number of alkyl halides is 2. The van der Waals surface area contributed by atoms with Gasteiger partial charge in [-0.25, -0.2) is 8.78 Å². The molecule has 0 spiro atoms. The number of benzene rings is 1. The highest BCUT2D eigenvalue weighted by Gasteiger charge is 2.20. The van der Waals surface area contributed by atoms with Crippen LogP contribution in [0.15, 0.2) is 30.3 Å². The molecule has 0 fully saturated rings. The number of hydrogen-bond donors (Lipinski definition) is 0. The van der Waals surface area contributed by atoms with Gasteiger partial charge in [0, 0.05) is 17.2 Å². The van der Waals surface area contributed by atoms with Crippen LogP contribution in [-0.2, 0) is 0 Å².